The molecule has 0 saturated carbocycles. The SMILES string of the molecule is Cc1nn(C)c2ncc(C(=O)N3CCC4(CCNC4)CC3)cc12.Cl.Cl. The van der Waals surface area contributed by atoms with Crippen LogP contribution < -0.4 is 5.32 Å². The molecule has 2 fully saturated rings. The zero-order chi connectivity index (χ0) is 16.0. The lowest BCUT2D eigenvalue weighted by atomic mass is 9.78. The second kappa shape index (κ2) is 7.48. The second-order valence-electron chi connectivity index (χ2n) is 7.02. The number of likely N-dealkylation sites (tertiary alicyclic amines) is 1. The highest BCUT2D eigenvalue weighted by Gasteiger charge is 2.38. The maximum atomic E-state index is 12.8. The molecular weight excluding hydrogens is 361 g/mol. The molecule has 1 N–H and O–H groups in total. The molecule has 138 valence electrons. The van der Waals surface area contributed by atoms with E-state index in [4.69, 9.17) is 0 Å². The first kappa shape index (κ1) is 19.9. The summed E-state index contributed by atoms with van der Waals surface area (Å²) in [5.74, 6) is 0.100. The van der Waals surface area contributed by atoms with E-state index in [1.165, 1.54) is 6.42 Å². The summed E-state index contributed by atoms with van der Waals surface area (Å²) >= 11 is 0. The number of nitrogens with zero attached hydrogens (tertiary/aromatic N) is 4. The van der Waals surface area contributed by atoms with E-state index in [1.54, 1.807) is 10.9 Å². The van der Waals surface area contributed by atoms with E-state index in [1.807, 2.05) is 24.9 Å². The van der Waals surface area contributed by atoms with Crippen molar-refractivity contribution < 1.29 is 4.79 Å². The van der Waals surface area contributed by atoms with Crippen molar-refractivity contribution in [1.82, 2.24) is 25.0 Å². The number of pyridine rings is 1. The maximum Gasteiger partial charge on any atom is 0.255 e. The molecule has 6 nitrogen and oxygen atoms in total. The number of piperidine rings is 1. The molecule has 2 aromatic rings. The fraction of sp³-hybridized carbons (Fsp3) is 0.588. The fourth-order valence-electron chi connectivity index (χ4n) is 4.01. The van der Waals surface area contributed by atoms with Gasteiger partial charge in [-0.15, -0.1) is 24.8 Å². The standard InChI is InChI=1S/C17H23N5O.2ClH/c1-12-14-9-13(10-19-15(14)21(2)20-12)16(23)22-7-4-17(5-8-22)3-6-18-11-17;;/h9-10,18H,3-8,11H2,1-2H3;2*1H. The van der Waals surface area contributed by atoms with Gasteiger partial charge in [-0.3, -0.25) is 9.48 Å². The van der Waals surface area contributed by atoms with Gasteiger partial charge in [0.15, 0.2) is 5.65 Å². The van der Waals surface area contributed by atoms with Gasteiger partial charge in [-0.05, 0) is 44.2 Å². The highest BCUT2D eigenvalue weighted by atomic mass is 35.5. The topological polar surface area (TPSA) is 63.1 Å². The van der Waals surface area contributed by atoms with E-state index in [2.05, 4.69) is 15.4 Å². The monoisotopic (exact) mass is 385 g/mol. The Labute approximate surface area is 160 Å². The molecule has 0 aromatic carbocycles. The van der Waals surface area contributed by atoms with Crippen molar-refractivity contribution in [3.63, 3.8) is 0 Å². The Bertz CT molecular complexity index is 760. The molecule has 0 aliphatic carbocycles. The number of hydrogen-bond acceptors (Lipinski definition) is 4. The quantitative estimate of drug-likeness (QED) is 0.817. The van der Waals surface area contributed by atoms with Crippen LogP contribution in [0.2, 0.25) is 0 Å². The van der Waals surface area contributed by atoms with E-state index in [0.29, 0.717) is 11.0 Å². The van der Waals surface area contributed by atoms with E-state index >= 15 is 0 Å². The van der Waals surface area contributed by atoms with Gasteiger partial charge in [0.05, 0.1) is 11.3 Å². The summed E-state index contributed by atoms with van der Waals surface area (Å²) in [5, 5.41) is 8.80. The Balaban J connectivity index is 0.00000113. The minimum atomic E-state index is 0. The first-order valence-electron chi connectivity index (χ1n) is 8.37. The Morgan fingerprint density at radius 3 is 2.60 bits per heavy atom. The van der Waals surface area contributed by atoms with E-state index in [9.17, 15) is 4.79 Å². The molecule has 0 unspecified atom stereocenters. The molecule has 4 rings (SSSR count). The third-order valence-electron chi connectivity index (χ3n) is 5.55. The van der Waals surface area contributed by atoms with Crippen LogP contribution in [0.4, 0.5) is 0 Å². The predicted molar refractivity (Wildman–Crippen MR) is 103 cm³/mol. The van der Waals surface area contributed by atoms with Crippen molar-refractivity contribution in [3.8, 4) is 0 Å². The third-order valence-corrected chi connectivity index (χ3v) is 5.55. The third kappa shape index (κ3) is 3.48. The number of nitrogens with one attached hydrogen (secondary N) is 1. The largest absolute Gasteiger partial charge is 0.339 e. The molecule has 25 heavy (non-hydrogen) atoms. The van der Waals surface area contributed by atoms with Gasteiger partial charge in [0.25, 0.3) is 5.91 Å². The number of aromatic nitrogens is 3. The lowest BCUT2D eigenvalue weighted by molar-refractivity contribution is 0.0607. The van der Waals surface area contributed by atoms with Gasteiger partial charge in [0.2, 0.25) is 0 Å². The average molecular weight is 386 g/mol. The maximum absolute atomic E-state index is 12.8. The van der Waals surface area contributed by atoms with Crippen molar-refractivity contribution in [2.75, 3.05) is 26.2 Å². The van der Waals surface area contributed by atoms with Crippen LogP contribution in [0.5, 0.6) is 0 Å². The van der Waals surface area contributed by atoms with Crippen molar-refractivity contribution in [2.24, 2.45) is 12.5 Å². The lowest BCUT2D eigenvalue weighted by Gasteiger charge is -2.38. The number of amides is 1. The van der Waals surface area contributed by atoms with Gasteiger partial charge in [0.1, 0.15) is 0 Å². The smallest absolute Gasteiger partial charge is 0.255 e. The van der Waals surface area contributed by atoms with Gasteiger partial charge >= 0.3 is 0 Å². The molecular formula is C17H25Cl2N5O. The van der Waals surface area contributed by atoms with Gasteiger partial charge in [-0.1, -0.05) is 0 Å². The molecule has 8 heteroatoms. The Hall–Kier alpha value is -1.37. The number of halogens is 2. The summed E-state index contributed by atoms with van der Waals surface area (Å²) in [6.45, 7) is 5.89. The Morgan fingerprint density at radius 2 is 1.96 bits per heavy atom. The molecule has 2 saturated heterocycles. The van der Waals surface area contributed by atoms with Crippen LogP contribution in [-0.4, -0.2) is 51.8 Å². The van der Waals surface area contributed by atoms with Crippen molar-refractivity contribution in [1.29, 1.82) is 0 Å². The number of aryl methyl sites for hydroxylation is 2. The van der Waals surface area contributed by atoms with Crippen LogP contribution in [0, 0.1) is 12.3 Å². The van der Waals surface area contributed by atoms with Crippen LogP contribution in [0.3, 0.4) is 0 Å². The van der Waals surface area contributed by atoms with Crippen molar-refractivity contribution >= 4 is 41.8 Å². The molecule has 2 aliphatic heterocycles. The summed E-state index contributed by atoms with van der Waals surface area (Å²) in [5.41, 5.74) is 2.85. The minimum Gasteiger partial charge on any atom is -0.339 e. The number of rotatable bonds is 1. The van der Waals surface area contributed by atoms with Crippen LogP contribution in [-0.2, 0) is 7.05 Å². The van der Waals surface area contributed by atoms with Gasteiger partial charge < -0.3 is 10.2 Å². The van der Waals surface area contributed by atoms with E-state index in [0.717, 1.165) is 55.7 Å². The molecule has 4 heterocycles. The highest BCUT2D eigenvalue weighted by Crippen LogP contribution is 2.37. The van der Waals surface area contributed by atoms with Gasteiger partial charge in [0, 0.05) is 38.3 Å². The number of carbonyl (C=O) groups is 1. The minimum absolute atomic E-state index is 0. The number of fused-ring (bicyclic) bond motifs is 1. The first-order chi connectivity index (χ1) is 11.1. The molecule has 0 radical (unpaired) electrons. The Morgan fingerprint density at radius 1 is 1.24 bits per heavy atom. The second-order valence-corrected chi connectivity index (χ2v) is 7.02. The molecule has 0 atom stereocenters. The highest BCUT2D eigenvalue weighted by molar-refractivity contribution is 5.97. The summed E-state index contributed by atoms with van der Waals surface area (Å²) in [7, 11) is 1.88. The predicted octanol–water partition coefficient (Wildman–Crippen LogP) is 2.34. The molecule has 1 amide bonds. The van der Waals surface area contributed by atoms with Gasteiger partial charge in [-0.25, -0.2) is 4.98 Å². The van der Waals surface area contributed by atoms with Crippen LogP contribution >= 0.6 is 24.8 Å². The average Bonchev–Trinajstić information content (AvgIpc) is 3.13. The van der Waals surface area contributed by atoms with Crippen LogP contribution in [0.15, 0.2) is 12.3 Å². The summed E-state index contributed by atoms with van der Waals surface area (Å²) in [4.78, 5) is 19.2. The summed E-state index contributed by atoms with van der Waals surface area (Å²) < 4.78 is 1.76. The first-order valence-corrected chi connectivity index (χ1v) is 8.37. The van der Waals surface area contributed by atoms with Crippen molar-refractivity contribution in [3.05, 3.63) is 23.5 Å². The zero-order valence-electron chi connectivity index (χ0n) is 14.6. The molecule has 1 spiro atoms. The Kier molecular flexibility index (Phi) is 5.97. The normalized spacial score (nSPS) is 18.9. The van der Waals surface area contributed by atoms with Crippen molar-refractivity contribution in [2.45, 2.75) is 26.2 Å². The van der Waals surface area contributed by atoms with E-state index in [-0.39, 0.29) is 30.7 Å². The summed E-state index contributed by atoms with van der Waals surface area (Å²) in [6.07, 6.45) is 5.14. The van der Waals surface area contributed by atoms with E-state index < -0.39 is 0 Å². The summed E-state index contributed by atoms with van der Waals surface area (Å²) in [6, 6.07) is 1.94. The van der Waals surface area contributed by atoms with Gasteiger partial charge in [-0.2, -0.15) is 5.10 Å². The molecule has 2 aliphatic rings. The zero-order valence-corrected chi connectivity index (χ0v) is 16.3. The van der Waals surface area contributed by atoms with Crippen LogP contribution in [0.1, 0.15) is 35.3 Å². The molecule has 0 bridgehead atoms. The molecule has 2 aromatic heterocycles. The fourth-order valence-corrected chi connectivity index (χ4v) is 4.01. The number of hydrogen-bond donors (Lipinski definition) is 1. The lowest BCUT2D eigenvalue weighted by Crippen LogP contribution is -2.44. The number of carbonyl (C=O) groups excluding carboxylic acids is 1. The van der Waals surface area contributed by atoms with Crippen LogP contribution in [0.25, 0.3) is 11.0 Å².